The average Bonchev–Trinajstić information content (AvgIpc) is 2.83. The van der Waals surface area contributed by atoms with Gasteiger partial charge in [0.1, 0.15) is 17.9 Å². The maximum Gasteiger partial charge on any atom is 0.335 e. The number of barbiturate groups is 1. The lowest BCUT2D eigenvalue weighted by Gasteiger charge is -2.26. The first-order valence-electron chi connectivity index (χ1n) is 10.6. The minimum Gasteiger partial charge on any atom is -0.487 e. The Hall–Kier alpha value is -3.35. The Labute approximate surface area is 236 Å². The van der Waals surface area contributed by atoms with E-state index in [1.807, 2.05) is 6.92 Å². The molecule has 0 radical (unpaired) electrons. The zero-order chi connectivity index (χ0) is 26.9. The number of urea groups is 1. The third kappa shape index (κ3) is 5.81. The molecule has 1 aliphatic heterocycles. The van der Waals surface area contributed by atoms with Gasteiger partial charge in [0, 0.05) is 16.6 Å². The Morgan fingerprint density at radius 3 is 2.35 bits per heavy atom. The van der Waals surface area contributed by atoms with Gasteiger partial charge in [0.25, 0.3) is 17.5 Å². The molecule has 0 unspecified atom stereocenters. The van der Waals surface area contributed by atoms with Crippen molar-refractivity contribution in [2.45, 2.75) is 13.5 Å². The number of ether oxygens (including phenoxy) is 1. The topological polar surface area (TPSA) is 119 Å². The van der Waals surface area contributed by atoms with Crippen molar-refractivity contribution >= 4 is 83.1 Å². The second kappa shape index (κ2) is 11.0. The van der Waals surface area contributed by atoms with Crippen molar-refractivity contribution < 1.29 is 24.0 Å². The molecular formula is C25H16Br3N3O6. The number of nitrogens with zero attached hydrogens (tertiary/aromatic N) is 2. The monoisotopic (exact) mass is 691 g/mol. The van der Waals surface area contributed by atoms with Crippen LogP contribution in [-0.2, 0) is 16.2 Å². The molecule has 0 saturated carbocycles. The largest absolute Gasteiger partial charge is 0.487 e. The predicted octanol–water partition coefficient (Wildman–Crippen LogP) is 6.44. The third-order valence-electron chi connectivity index (χ3n) is 5.34. The molecule has 0 spiro atoms. The lowest BCUT2D eigenvalue weighted by atomic mass is 10.1. The molecule has 0 atom stereocenters. The third-order valence-corrected chi connectivity index (χ3v) is 7.41. The van der Waals surface area contributed by atoms with Crippen LogP contribution >= 0.6 is 47.8 Å². The fourth-order valence-corrected chi connectivity index (χ4v) is 5.24. The van der Waals surface area contributed by atoms with E-state index >= 15 is 0 Å². The zero-order valence-corrected chi connectivity index (χ0v) is 23.7. The first-order chi connectivity index (χ1) is 17.5. The van der Waals surface area contributed by atoms with E-state index in [-0.39, 0.29) is 17.9 Å². The van der Waals surface area contributed by atoms with E-state index in [1.165, 1.54) is 18.2 Å². The minimum absolute atomic E-state index is 0.0394. The SMILES string of the molecule is Cc1cc(N2C(=O)NC(=O)/C(=C\c3cc(Br)c(OCc4cccc([N+](=O)[O-])c4)c(Br)c3)C2=O)ccc1Br. The highest BCUT2D eigenvalue weighted by Crippen LogP contribution is 2.36. The van der Waals surface area contributed by atoms with Crippen LogP contribution in [0.1, 0.15) is 16.7 Å². The van der Waals surface area contributed by atoms with Crippen LogP contribution in [0.3, 0.4) is 0 Å². The Kier molecular flexibility index (Phi) is 7.90. The molecule has 1 saturated heterocycles. The quantitative estimate of drug-likeness (QED) is 0.138. The number of hydrogen-bond donors (Lipinski definition) is 1. The summed E-state index contributed by atoms with van der Waals surface area (Å²) in [6.45, 7) is 1.89. The molecule has 4 amide bonds. The number of hydrogen-bond acceptors (Lipinski definition) is 6. The molecule has 188 valence electrons. The number of carbonyl (C=O) groups excluding carboxylic acids is 3. The van der Waals surface area contributed by atoms with E-state index in [0.717, 1.165) is 14.9 Å². The van der Waals surface area contributed by atoms with Gasteiger partial charge in [0.05, 0.1) is 19.6 Å². The summed E-state index contributed by atoms with van der Waals surface area (Å²) in [4.78, 5) is 49.6. The molecule has 3 aromatic carbocycles. The van der Waals surface area contributed by atoms with Gasteiger partial charge < -0.3 is 4.74 Å². The summed E-state index contributed by atoms with van der Waals surface area (Å²) >= 11 is 10.2. The van der Waals surface area contributed by atoms with Gasteiger partial charge in [-0.25, -0.2) is 9.69 Å². The van der Waals surface area contributed by atoms with Crippen LogP contribution in [0.25, 0.3) is 6.08 Å². The predicted molar refractivity (Wildman–Crippen MR) is 147 cm³/mol. The normalized spacial score (nSPS) is 14.6. The Balaban J connectivity index is 1.60. The molecule has 1 heterocycles. The van der Waals surface area contributed by atoms with Gasteiger partial charge in [0.15, 0.2) is 0 Å². The van der Waals surface area contributed by atoms with Crippen LogP contribution in [0.15, 0.2) is 73.6 Å². The zero-order valence-electron chi connectivity index (χ0n) is 19.0. The van der Waals surface area contributed by atoms with Crippen molar-refractivity contribution in [3.05, 3.63) is 100 Å². The smallest absolute Gasteiger partial charge is 0.335 e. The van der Waals surface area contributed by atoms with Crippen molar-refractivity contribution in [1.29, 1.82) is 0 Å². The van der Waals surface area contributed by atoms with Crippen LogP contribution in [0.5, 0.6) is 5.75 Å². The molecule has 3 aromatic rings. The van der Waals surface area contributed by atoms with Crippen LogP contribution in [-0.4, -0.2) is 22.8 Å². The molecule has 1 fully saturated rings. The number of non-ortho nitro benzene ring substituents is 1. The highest BCUT2D eigenvalue weighted by atomic mass is 79.9. The summed E-state index contributed by atoms with van der Waals surface area (Å²) in [6.07, 6.45) is 1.38. The van der Waals surface area contributed by atoms with Crippen molar-refractivity contribution in [3.8, 4) is 5.75 Å². The number of benzene rings is 3. The summed E-state index contributed by atoms with van der Waals surface area (Å²) in [5.41, 5.74) is 1.98. The second-order valence-corrected chi connectivity index (χ2v) is 10.5. The van der Waals surface area contributed by atoms with E-state index in [9.17, 15) is 24.5 Å². The number of aryl methyl sites for hydroxylation is 1. The maximum absolute atomic E-state index is 13.2. The lowest BCUT2D eigenvalue weighted by Crippen LogP contribution is -2.54. The van der Waals surface area contributed by atoms with E-state index in [4.69, 9.17) is 4.74 Å². The number of nitro benzene ring substituents is 1. The molecule has 4 rings (SSSR count). The molecule has 12 heteroatoms. The van der Waals surface area contributed by atoms with Gasteiger partial charge in [-0.1, -0.05) is 28.1 Å². The number of nitrogens with one attached hydrogen (secondary N) is 1. The van der Waals surface area contributed by atoms with Crippen LogP contribution in [0.2, 0.25) is 0 Å². The Bertz CT molecular complexity index is 1480. The van der Waals surface area contributed by atoms with E-state index < -0.39 is 22.8 Å². The summed E-state index contributed by atoms with van der Waals surface area (Å²) in [6, 6.07) is 13.5. The van der Waals surface area contributed by atoms with Crippen molar-refractivity contribution in [3.63, 3.8) is 0 Å². The van der Waals surface area contributed by atoms with Gasteiger partial charge in [-0.05, 0) is 91.9 Å². The molecular weight excluding hydrogens is 678 g/mol. The fraction of sp³-hybridized carbons (Fsp3) is 0.0800. The summed E-state index contributed by atoms with van der Waals surface area (Å²) in [7, 11) is 0. The van der Waals surface area contributed by atoms with E-state index in [1.54, 1.807) is 42.5 Å². The number of halogens is 3. The average molecular weight is 694 g/mol. The van der Waals surface area contributed by atoms with Gasteiger partial charge in [-0.15, -0.1) is 0 Å². The van der Waals surface area contributed by atoms with Crippen LogP contribution in [0, 0.1) is 17.0 Å². The number of rotatable bonds is 6. The summed E-state index contributed by atoms with van der Waals surface area (Å²) in [5.74, 6) is -1.14. The van der Waals surface area contributed by atoms with Gasteiger partial charge in [-0.3, -0.25) is 25.0 Å². The van der Waals surface area contributed by atoms with Crippen molar-refractivity contribution in [2.75, 3.05) is 4.90 Å². The van der Waals surface area contributed by atoms with Crippen molar-refractivity contribution in [1.82, 2.24) is 5.32 Å². The molecule has 0 aliphatic carbocycles. The molecule has 0 aromatic heterocycles. The Morgan fingerprint density at radius 2 is 1.70 bits per heavy atom. The minimum atomic E-state index is -0.832. The number of amides is 4. The van der Waals surface area contributed by atoms with Crippen LogP contribution < -0.4 is 15.0 Å². The first kappa shape index (κ1) is 26.7. The Morgan fingerprint density at radius 1 is 1.00 bits per heavy atom. The molecule has 9 nitrogen and oxygen atoms in total. The van der Waals surface area contributed by atoms with E-state index in [0.29, 0.717) is 31.5 Å². The van der Waals surface area contributed by atoms with Gasteiger partial charge in [0.2, 0.25) is 0 Å². The van der Waals surface area contributed by atoms with E-state index in [2.05, 4.69) is 53.1 Å². The number of nitro groups is 1. The van der Waals surface area contributed by atoms with Crippen LogP contribution in [0.4, 0.5) is 16.2 Å². The van der Waals surface area contributed by atoms with Crippen molar-refractivity contribution in [2.24, 2.45) is 0 Å². The second-order valence-electron chi connectivity index (χ2n) is 7.92. The summed E-state index contributed by atoms with van der Waals surface area (Å²) in [5, 5.41) is 13.2. The number of carbonyl (C=O) groups is 3. The maximum atomic E-state index is 13.2. The summed E-state index contributed by atoms with van der Waals surface area (Å²) < 4.78 is 7.69. The standard InChI is InChI=1S/C25H16Br3N3O6/c1-13-7-16(5-6-19(13)26)30-24(33)18(23(32)29-25(30)34)9-15-10-20(27)22(21(28)11-15)37-12-14-3-2-4-17(8-14)31(35)36/h2-11H,12H2,1H3,(H,29,32,34)/b18-9+. The molecule has 1 aliphatic rings. The lowest BCUT2D eigenvalue weighted by molar-refractivity contribution is -0.384. The number of imide groups is 2. The number of anilines is 1. The molecule has 1 N–H and O–H groups in total. The molecule has 0 bridgehead atoms. The molecule has 37 heavy (non-hydrogen) atoms. The van der Waals surface area contributed by atoms with Gasteiger partial charge in [-0.2, -0.15) is 0 Å². The fourth-order valence-electron chi connectivity index (χ4n) is 3.54. The highest BCUT2D eigenvalue weighted by Gasteiger charge is 2.37. The highest BCUT2D eigenvalue weighted by molar-refractivity contribution is 9.11. The first-order valence-corrected chi connectivity index (χ1v) is 13.0. The van der Waals surface area contributed by atoms with Gasteiger partial charge >= 0.3 is 6.03 Å².